The number of methoxy groups -OCH3 is 1. The van der Waals surface area contributed by atoms with Gasteiger partial charge in [-0.3, -0.25) is 10.2 Å². The molecule has 0 unspecified atom stereocenters. The fourth-order valence-electron chi connectivity index (χ4n) is 1.21. The van der Waals surface area contributed by atoms with Crippen LogP contribution in [0.3, 0.4) is 0 Å². The molecule has 1 aromatic rings. The summed E-state index contributed by atoms with van der Waals surface area (Å²) < 4.78 is 4.91. The molecule has 0 spiro atoms. The number of hydrazine groups is 1. The molecule has 0 aliphatic heterocycles. The molecule has 1 amide bonds. The Hall–Kier alpha value is -2.16. The molecule has 9 nitrogen and oxygen atoms in total. The summed E-state index contributed by atoms with van der Waals surface area (Å²) in [6, 6.07) is 0.121. The standard InChI is InChI=1S/C9H17N7O2/c1-4-11-6(17)5-16(2)8-12-7(15-10)13-9(14-8)18-3/h4-5,10H2,1-3H3,(H,11,17)(H,12,13,14,15). The molecule has 100 valence electrons. The van der Waals surface area contributed by atoms with Gasteiger partial charge < -0.3 is 15.0 Å². The van der Waals surface area contributed by atoms with E-state index in [1.54, 1.807) is 11.9 Å². The molecule has 18 heavy (non-hydrogen) atoms. The van der Waals surface area contributed by atoms with Gasteiger partial charge in [-0.25, -0.2) is 5.84 Å². The van der Waals surface area contributed by atoms with Crippen molar-refractivity contribution in [1.29, 1.82) is 0 Å². The molecular weight excluding hydrogens is 238 g/mol. The van der Waals surface area contributed by atoms with Crippen molar-refractivity contribution in [2.24, 2.45) is 5.84 Å². The third-order valence-corrected chi connectivity index (χ3v) is 2.01. The van der Waals surface area contributed by atoms with Crippen molar-refractivity contribution >= 4 is 17.8 Å². The average molecular weight is 255 g/mol. The quantitative estimate of drug-likeness (QED) is 0.425. The summed E-state index contributed by atoms with van der Waals surface area (Å²) in [6.07, 6.45) is 0. The minimum atomic E-state index is -0.123. The minimum absolute atomic E-state index is 0.121. The monoisotopic (exact) mass is 255 g/mol. The summed E-state index contributed by atoms with van der Waals surface area (Å²) in [5.74, 6) is 5.57. The van der Waals surface area contributed by atoms with Crippen LogP contribution >= 0.6 is 0 Å². The molecule has 0 aliphatic rings. The minimum Gasteiger partial charge on any atom is -0.467 e. The molecule has 0 saturated heterocycles. The zero-order chi connectivity index (χ0) is 13.5. The van der Waals surface area contributed by atoms with Gasteiger partial charge in [-0.2, -0.15) is 15.0 Å². The maximum Gasteiger partial charge on any atom is 0.322 e. The third-order valence-electron chi connectivity index (χ3n) is 2.01. The Bertz CT molecular complexity index is 390. The van der Waals surface area contributed by atoms with Gasteiger partial charge in [0.15, 0.2) is 0 Å². The zero-order valence-electron chi connectivity index (χ0n) is 10.6. The fraction of sp³-hybridized carbons (Fsp3) is 0.556. The lowest BCUT2D eigenvalue weighted by molar-refractivity contribution is -0.119. The van der Waals surface area contributed by atoms with Gasteiger partial charge in [-0.1, -0.05) is 0 Å². The van der Waals surface area contributed by atoms with Crippen molar-refractivity contribution in [3.05, 3.63) is 0 Å². The number of hydrogen-bond donors (Lipinski definition) is 3. The Kier molecular flexibility index (Phi) is 5.06. The second-order valence-electron chi connectivity index (χ2n) is 3.40. The van der Waals surface area contributed by atoms with E-state index in [-0.39, 0.29) is 24.4 Å². The van der Waals surface area contributed by atoms with Gasteiger partial charge in [-0.05, 0) is 6.92 Å². The number of likely N-dealkylation sites (N-methyl/N-ethyl adjacent to an activating group) is 2. The van der Waals surface area contributed by atoms with E-state index in [2.05, 4.69) is 25.7 Å². The molecule has 4 N–H and O–H groups in total. The molecule has 0 aromatic carbocycles. The van der Waals surface area contributed by atoms with Crippen molar-refractivity contribution < 1.29 is 9.53 Å². The van der Waals surface area contributed by atoms with E-state index in [4.69, 9.17) is 10.6 Å². The van der Waals surface area contributed by atoms with E-state index in [1.165, 1.54) is 7.11 Å². The maximum atomic E-state index is 11.4. The second-order valence-corrected chi connectivity index (χ2v) is 3.40. The van der Waals surface area contributed by atoms with Gasteiger partial charge in [0.25, 0.3) is 0 Å². The number of nitrogens with two attached hydrogens (primary N) is 1. The number of amides is 1. The summed E-state index contributed by atoms with van der Waals surface area (Å²) in [6.45, 7) is 2.55. The van der Waals surface area contributed by atoms with E-state index in [0.717, 1.165) is 0 Å². The first-order valence-electron chi connectivity index (χ1n) is 5.35. The highest BCUT2D eigenvalue weighted by molar-refractivity contribution is 5.80. The topological polar surface area (TPSA) is 118 Å². The van der Waals surface area contributed by atoms with Gasteiger partial charge in [-0.15, -0.1) is 0 Å². The van der Waals surface area contributed by atoms with Crippen LogP contribution < -0.4 is 26.2 Å². The molecule has 0 fully saturated rings. The van der Waals surface area contributed by atoms with Crippen LogP contribution in [-0.2, 0) is 4.79 Å². The highest BCUT2D eigenvalue weighted by Gasteiger charge is 2.12. The molecule has 1 rings (SSSR count). The number of carbonyl (C=O) groups is 1. The Morgan fingerprint density at radius 3 is 2.72 bits per heavy atom. The van der Waals surface area contributed by atoms with Crippen molar-refractivity contribution in [2.75, 3.05) is 37.6 Å². The molecule has 1 aromatic heterocycles. The fourth-order valence-corrected chi connectivity index (χ4v) is 1.21. The first kappa shape index (κ1) is 13.9. The van der Waals surface area contributed by atoms with Crippen LogP contribution in [0.5, 0.6) is 6.01 Å². The van der Waals surface area contributed by atoms with Gasteiger partial charge >= 0.3 is 6.01 Å². The maximum absolute atomic E-state index is 11.4. The molecule has 0 bridgehead atoms. The normalized spacial score (nSPS) is 9.78. The SMILES string of the molecule is CCNC(=O)CN(C)c1nc(NN)nc(OC)n1. The zero-order valence-corrected chi connectivity index (χ0v) is 10.6. The number of nitrogens with zero attached hydrogens (tertiary/aromatic N) is 4. The van der Waals surface area contributed by atoms with Crippen molar-refractivity contribution in [1.82, 2.24) is 20.3 Å². The first-order valence-corrected chi connectivity index (χ1v) is 5.35. The molecule has 0 aliphatic carbocycles. The number of aromatic nitrogens is 3. The summed E-state index contributed by atoms with van der Waals surface area (Å²) in [5, 5.41) is 2.68. The average Bonchev–Trinajstić information content (AvgIpc) is 2.38. The van der Waals surface area contributed by atoms with Crippen molar-refractivity contribution in [3.8, 4) is 6.01 Å². The molecule has 9 heteroatoms. The van der Waals surface area contributed by atoms with Gasteiger partial charge in [0, 0.05) is 13.6 Å². The smallest absolute Gasteiger partial charge is 0.322 e. The number of nitrogen functional groups attached to an aromatic ring is 1. The third kappa shape index (κ3) is 3.70. The Labute approximate surface area is 105 Å². The predicted octanol–water partition coefficient (Wildman–Crippen LogP) is -1.26. The highest BCUT2D eigenvalue weighted by atomic mass is 16.5. The van der Waals surface area contributed by atoms with E-state index >= 15 is 0 Å². The van der Waals surface area contributed by atoms with Crippen LogP contribution in [-0.4, -0.2) is 48.1 Å². The highest BCUT2D eigenvalue weighted by Crippen LogP contribution is 2.12. The predicted molar refractivity (Wildman–Crippen MR) is 66.1 cm³/mol. The molecule has 0 atom stereocenters. The number of anilines is 2. The second kappa shape index (κ2) is 6.55. The van der Waals surface area contributed by atoms with Crippen LogP contribution in [0.4, 0.5) is 11.9 Å². The van der Waals surface area contributed by atoms with Gasteiger partial charge in [0.1, 0.15) is 0 Å². The number of rotatable bonds is 6. The summed E-state index contributed by atoms with van der Waals surface area (Å²) in [5.41, 5.74) is 2.31. The number of hydrogen-bond acceptors (Lipinski definition) is 8. The van der Waals surface area contributed by atoms with E-state index in [1.807, 2.05) is 6.92 Å². The van der Waals surface area contributed by atoms with Gasteiger partial charge in [0.05, 0.1) is 13.7 Å². The molecule has 1 heterocycles. The number of ether oxygens (including phenoxy) is 1. The molecule has 0 saturated carbocycles. The van der Waals surface area contributed by atoms with Crippen LogP contribution in [0.1, 0.15) is 6.92 Å². The van der Waals surface area contributed by atoms with E-state index < -0.39 is 0 Å². The number of carbonyl (C=O) groups excluding carboxylic acids is 1. The van der Waals surface area contributed by atoms with Crippen molar-refractivity contribution in [3.63, 3.8) is 0 Å². The van der Waals surface area contributed by atoms with E-state index in [0.29, 0.717) is 12.5 Å². The Morgan fingerprint density at radius 1 is 1.44 bits per heavy atom. The Balaban J connectivity index is 2.83. The van der Waals surface area contributed by atoms with Crippen LogP contribution in [0.2, 0.25) is 0 Å². The van der Waals surface area contributed by atoms with Crippen LogP contribution in [0.25, 0.3) is 0 Å². The molecule has 0 radical (unpaired) electrons. The first-order chi connectivity index (χ1) is 8.60. The Morgan fingerprint density at radius 2 is 2.17 bits per heavy atom. The lowest BCUT2D eigenvalue weighted by Crippen LogP contribution is -2.36. The van der Waals surface area contributed by atoms with Gasteiger partial charge in [0.2, 0.25) is 17.8 Å². The lowest BCUT2D eigenvalue weighted by Gasteiger charge is -2.16. The summed E-state index contributed by atoms with van der Waals surface area (Å²) in [4.78, 5) is 24.9. The van der Waals surface area contributed by atoms with Crippen LogP contribution in [0, 0.1) is 0 Å². The lowest BCUT2D eigenvalue weighted by atomic mass is 10.5. The van der Waals surface area contributed by atoms with Crippen LogP contribution in [0.15, 0.2) is 0 Å². The van der Waals surface area contributed by atoms with E-state index in [9.17, 15) is 4.79 Å². The largest absolute Gasteiger partial charge is 0.467 e. The summed E-state index contributed by atoms with van der Waals surface area (Å²) in [7, 11) is 3.12. The summed E-state index contributed by atoms with van der Waals surface area (Å²) >= 11 is 0. The number of nitrogens with one attached hydrogen (secondary N) is 2. The van der Waals surface area contributed by atoms with Crippen molar-refractivity contribution in [2.45, 2.75) is 6.92 Å². The molecular formula is C9H17N7O2.